The van der Waals surface area contributed by atoms with E-state index in [0.717, 1.165) is 4.47 Å². The number of carbonyl (C=O) groups is 1. The van der Waals surface area contributed by atoms with Crippen molar-refractivity contribution < 1.29 is 9.53 Å². The first-order chi connectivity index (χ1) is 8.02. The van der Waals surface area contributed by atoms with Gasteiger partial charge in [-0.3, -0.25) is 9.59 Å². The molecule has 1 aromatic heterocycles. The molecule has 17 heavy (non-hydrogen) atoms. The predicted octanol–water partition coefficient (Wildman–Crippen LogP) is 0.762. The van der Waals surface area contributed by atoms with Crippen LogP contribution in [0.5, 0.6) is 0 Å². The average Bonchev–Trinajstić information content (AvgIpc) is 2.23. The molecule has 0 saturated heterocycles. The summed E-state index contributed by atoms with van der Waals surface area (Å²) in [6.45, 7) is 2.29. The number of ether oxygens (including phenoxy) is 1. The lowest BCUT2D eigenvalue weighted by atomic mass is 10.3. The minimum Gasteiger partial charge on any atom is -0.383 e. The molecular formula is C11H15BrN2O3. The molecule has 0 aliphatic rings. The van der Waals surface area contributed by atoms with Gasteiger partial charge < -0.3 is 14.6 Å². The van der Waals surface area contributed by atoms with E-state index in [-0.39, 0.29) is 24.1 Å². The zero-order chi connectivity index (χ0) is 12.8. The number of methoxy groups -OCH3 is 1. The second-order valence-electron chi connectivity index (χ2n) is 3.74. The molecule has 0 aliphatic carbocycles. The normalized spacial score (nSPS) is 12.2. The minimum atomic E-state index is -0.213. The highest BCUT2D eigenvalue weighted by Gasteiger charge is 2.08. The lowest BCUT2D eigenvalue weighted by Gasteiger charge is -2.13. The van der Waals surface area contributed by atoms with Crippen molar-refractivity contribution in [1.29, 1.82) is 0 Å². The van der Waals surface area contributed by atoms with Gasteiger partial charge in [-0.15, -0.1) is 0 Å². The first-order valence-electron chi connectivity index (χ1n) is 5.17. The fraction of sp³-hybridized carbons (Fsp3) is 0.455. The van der Waals surface area contributed by atoms with Crippen LogP contribution in [0, 0.1) is 0 Å². The number of pyridine rings is 1. The molecule has 1 atom stereocenters. The van der Waals surface area contributed by atoms with Gasteiger partial charge in [0.05, 0.1) is 6.61 Å². The van der Waals surface area contributed by atoms with Gasteiger partial charge in [0.25, 0.3) is 5.56 Å². The molecule has 0 radical (unpaired) electrons. The fourth-order valence-electron chi connectivity index (χ4n) is 1.39. The van der Waals surface area contributed by atoms with Crippen LogP contribution in [-0.4, -0.2) is 30.2 Å². The third-order valence-electron chi connectivity index (χ3n) is 2.09. The first kappa shape index (κ1) is 13.9. The molecule has 0 saturated carbocycles. The van der Waals surface area contributed by atoms with Crippen LogP contribution >= 0.6 is 15.9 Å². The number of halogens is 1. The van der Waals surface area contributed by atoms with Gasteiger partial charge in [0.1, 0.15) is 6.54 Å². The Kier molecular flexibility index (Phi) is 5.37. The van der Waals surface area contributed by atoms with Crippen molar-refractivity contribution in [3.05, 3.63) is 33.2 Å². The Labute approximate surface area is 108 Å². The molecule has 0 bridgehead atoms. The van der Waals surface area contributed by atoms with Crippen LogP contribution in [0.3, 0.4) is 0 Å². The smallest absolute Gasteiger partial charge is 0.251 e. The Bertz CT molecular complexity index is 445. The maximum absolute atomic E-state index is 11.6. The van der Waals surface area contributed by atoms with E-state index in [4.69, 9.17) is 4.74 Å². The standard InChI is InChI=1S/C11H15BrN2O3/c1-8(7-17-2)13-10(15)6-14-5-9(12)3-4-11(14)16/h3-5,8H,6-7H2,1-2H3,(H,13,15)/t8-/m0/s1. The molecule has 1 aromatic rings. The highest BCUT2D eigenvalue weighted by molar-refractivity contribution is 9.10. The van der Waals surface area contributed by atoms with Crippen LogP contribution in [0.1, 0.15) is 6.92 Å². The molecule has 94 valence electrons. The molecule has 1 heterocycles. The zero-order valence-electron chi connectivity index (χ0n) is 9.77. The summed E-state index contributed by atoms with van der Waals surface area (Å²) in [6, 6.07) is 2.98. The number of aromatic nitrogens is 1. The van der Waals surface area contributed by atoms with E-state index in [1.165, 1.54) is 10.6 Å². The zero-order valence-corrected chi connectivity index (χ0v) is 11.4. The van der Waals surface area contributed by atoms with E-state index in [0.29, 0.717) is 6.61 Å². The topological polar surface area (TPSA) is 60.3 Å². The number of hydrogen-bond donors (Lipinski definition) is 1. The summed E-state index contributed by atoms with van der Waals surface area (Å²) in [5, 5.41) is 2.74. The SMILES string of the molecule is COC[C@H](C)NC(=O)Cn1cc(Br)ccc1=O. The molecule has 5 nitrogen and oxygen atoms in total. The number of carbonyl (C=O) groups excluding carboxylic acids is 1. The first-order valence-corrected chi connectivity index (χ1v) is 5.96. The fourth-order valence-corrected chi connectivity index (χ4v) is 1.77. The maximum Gasteiger partial charge on any atom is 0.251 e. The van der Waals surface area contributed by atoms with Gasteiger partial charge >= 0.3 is 0 Å². The van der Waals surface area contributed by atoms with E-state index < -0.39 is 0 Å². The molecule has 0 fully saturated rings. The second-order valence-corrected chi connectivity index (χ2v) is 4.65. The summed E-state index contributed by atoms with van der Waals surface area (Å²) in [5.41, 5.74) is -0.206. The molecule has 6 heteroatoms. The van der Waals surface area contributed by atoms with Crippen molar-refractivity contribution in [2.45, 2.75) is 19.5 Å². The largest absolute Gasteiger partial charge is 0.383 e. The van der Waals surface area contributed by atoms with Crippen molar-refractivity contribution in [2.75, 3.05) is 13.7 Å². The number of rotatable bonds is 5. The van der Waals surface area contributed by atoms with E-state index in [1.807, 2.05) is 6.92 Å². The van der Waals surface area contributed by atoms with Crippen LogP contribution in [0.25, 0.3) is 0 Å². The Morgan fingerprint density at radius 2 is 2.29 bits per heavy atom. The number of nitrogens with one attached hydrogen (secondary N) is 1. The third-order valence-corrected chi connectivity index (χ3v) is 2.55. The van der Waals surface area contributed by atoms with E-state index >= 15 is 0 Å². The van der Waals surface area contributed by atoms with Crippen LogP contribution in [-0.2, 0) is 16.1 Å². The molecule has 0 spiro atoms. The summed E-state index contributed by atoms with van der Waals surface area (Å²) in [6.07, 6.45) is 1.59. The van der Waals surface area contributed by atoms with E-state index in [2.05, 4.69) is 21.2 Å². The molecule has 1 N–H and O–H groups in total. The third kappa shape index (κ3) is 4.70. The van der Waals surface area contributed by atoms with Gasteiger partial charge in [0, 0.05) is 29.9 Å². The lowest BCUT2D eigenvalue weighted by Crippen LogP contribution is -2.39. The van der Waals surface area contributed by atoms with Crippen molar-refractivity contribution in [1.82, 2.24) is 9.88 Å². The van der Waals surface area contributed by atoms with Gasteiger partial charge in [-0.25, -0.2) is 0 Å². The highest BCUT2D eigenvalue weighted by atomic mass is 79.9. The van der Waals surface area contributed by atoms with Crippen molar-refractivity contribution in [3.8, 4) is 0 Å². The van der Waals surface area contributed by atoms with Gasteiger partial charge in [-0.2, -0.15) is 0 Å². The summed E-state index contributed by atoms with van der Waals surface area (Å²) >= 11 is 3.25. The average molecular weight is 303 g/mol. The van der Waals surface area contributed by atoms with Crippen LogP contribution in [0.2, 0.25) is 0 Å². The highest BCUT2D eigenvalue weighted by Crippen LogP contribution is 2.04. The molecule has 1 amide bonds. The monoisotopic (exact) mass is 302 g/mol. The Morgan fingerprint density at radius 3 is 2.94 bits per heavy atom. The maximum atomic E-state index is 11.6. The second kappa shape index (κ2) is 6.56. The summed E-state index contributed by atoms with van der Waals surface area (Å²) in [4.78, 5) is 23.1. The lowest BCUT2D eigenvalue weighted by molar-refractivity contribution is -0.122. The van der Waals surface area contributed by atoms with Crippen molar-refractivity contribution in [3.63, 3.8) is 0 Å². The number of amides is 1. The van der Waals surface area contributed by atoms with Crippen LogP contribution in [0.15, 0.2) is 27.6 Å². The summed E-state index contributed by atoms with van der Waals surface area (Å²) < 4.78 is 7.01. The van der Waals surface area contributed by atoms with Crippen molar-refractivity contribution in [2.24, 2.45) is 0 Å². The predicted molar refractivity (Wildman–Crippen MR) is 67.9 cm³/mol. The van der Waals surface area contributed by atoms with Crippen LogP contribution < -0.4 is 10.9 Å². The quantitative estimate of drug-likeness (QED) is 0.874. The van der Waals surface area contributed by atoms with E-state index in [1.54, 1.807) is 19.4 Å². The minimum absolute atomic E-state index is 0.00628. The van der Waals surface area contributed by atoms with Gasteiger partial charge in [-0.1, -0.05) is 0 Å². The Morgan fingerprint density at radius 1 is 1.59 bits per heavy atom. The molecular weight excluding hydrogens is 288 g/mol. The summed E-state index contributed by atoms with van der Waals surface area (Å²) in [5.74, 6) is -0.213. The molecule has 0 aromatic carbocycles. The number of hydrogen-bond acceptors (Lipinski definition) is 3. The van der Waals surface area contributed by atoms with E-state index in [9.17, 15) is 9.59 Å². The van der Waals surface area contributed by atoms with Crippen molar-refractivity contribution >= 4 is 21.8 Å². The van der Waals surface area contributed by atoms with Gasteiger partial charge in [0.2, 0.25) is 5.91 Å². The molecule has 1 rings (SSSR count). The van der Waals surface area contributed by atoms with Gasteiger partial charge in [-0.05, 0) is 28.9 Å². The molecule has 0 aliphatic heterocycles. The molecule has 0 unspecified atom stereocenters. The Hall–Kier alpha value is -1.14. The van der Waals surface area contributed by atoms with Gasteiger partial charge in [0.15, 0.2) is 0 Å². The van der Waals surface area contributed by atoms with Crippen LogP contribution in [0.4, 0.5) is 0 Å². The number of nitrogens with zero attached hydrogens (tertiary/aromatic N) is 1. The Balaban J connectivity index is 2.62. The summed E-state index contributed by atoms with van der Waals surface area (Å²) in [7, 11) is 1.57.